The number of nitrogens with one attached hydrogen (secondary N) is 6. The van der Waals surface area contributed by atoms with E-state index >= 15 is 4.39 Å². The van der Waals surface area contributed by atoms with Gasteiger partial charge in [0.2, 0.25) is 47.3 Å². The number of aliphatic hydroxyl groups is 6. The fraction of sp³-hybridized carbons (Fsp3) is 0.641. The number of likely N-dealkylation sites (tertiary alicyclic amines) is 1. The predicted octanol–water partition coefficient (Wildman–Crippen LogP) is 0.801. The highest BCUT2D eigenvalue weighted by molar-refractivity contribution is 6.04. The van der Waals surface area contributed by atoms with Crippen molar-refractivity contribution in [3.8, 4) is 11.4 Å². The van der Waals surface area contributed by atoms with Gasteiger partial charge in [0.05, 0.1) is 47.6 Å². The van der Waals surface area contributed by atoms with Gasteiger partial charge in [0.15, 0.2) is 5.60 Å². The van der Waals surface area contributed by atoms with Crippen LogP contribution in [0, 0.1) is 30.0 Å². The quantitative estimate of drug-likeness (QED) is 0.0131. The minimum atomic E-state index is -2.04. The Bertz CT molecular complexity index is 3310. The molecule has 508 valence electrons. The van der Waals surface area contributed by atoms with E-state index in [1.54, 1.807) is 33.8 Å². The summed E-state index contributed by atoms with van der Waals surface area (Å²) in [5.41, 5.74) is 0.583. The molecule has 8 amide bonds. The molecule has 3 aliphatic heterocycles. The minimum Gasteiger partial charge on any atom is -0.458 e. The average molecular weight is 1290 g/mol. The molecule has 12 N–H and O–H groups in total. The van der Waals surface area contributed by atoms with Gasteiger partial charge < -0.3 is 76.6 Å². The summed E-state index contributed by atoms with van der Waals surface area (Å²) in [6.07, 6.45) is -3.20. The third-order valence-corrected chi connectivity index (χ3v) is 18.2. The highest BCUT2D eigenvalue weighted by atomic mass is 19.1. The second-order valence-electron chi connectivity index (χ2n) is 24.8. The summed E-state index contributed by atoms with van der Waals surface area (Å²) in [6.45, 7) is 13.0. The lowest BCUT2D eigenvalue weighted by Gasteiger charge is -2.33. The van der Waals surface area contributed by atoms with E-state index in [9.17, 15) is 73.5 Å². The Labute approximate surface area is 533 Å². The number of carbonyl (C=O) groups excluding carboxylic acids is 9. The Balaban J connectivity index is 1.02. The van der Waals surface area contributed by atoms with Gasteiger partial charge in [0.1, 0.15) is 62.2 Å². The second kappa shape index (κ2) is 32.5. The number of amides is 8. The molecule has 0 bridgehead atoms. The van der Waals surface area contributed by atoms with E-state index in [1.807, 2.05) is 13.8 Å². The third kappa shape index (κ3) is 16.9. The van der Waals surface area contributed by atoms with Gasteiger partial charge in [-0.05, 0) is 92.9 Å². The van der Waals surface area contributed by atoms with E-state index in [4.69, 9.17) is 19.6 Å². The third-order valence-electron chi connectivity index (χ3n) is 18.2. The Hall–Kier alpha value is -7.34. The number of carbonyl (C=O) groups is 9. The number of nitrogens with zero attached hydrogens (tertiary/aromatic N) is 3. The van der Waals surface area contributed by atoms with Crippen molar-refractivity contribution in [2.24, 2.45) is 17.3 Å². The number of aromatic nitrogens is 2. The summed E-state index contributed by atoms with van der Waals surface area (Å²) in [5, 5.41) is 76.4. The van der Waals surface area contributed by atoms with Crippen LogP contribution in [-0.4, -0.2) is 174 Å². The molecule has 1 fully saturated rings. The molecule has 92 heavy (non-hydrogen) atoms. The number of esters is 1. The molecule has 5 heterocycles. The molecule has 0 aliphatic carbocycles. The van der Waals surface area contributed by atoms with Crippen molar-refractivity contribution in [2.45, 2.75) is 214 Å². The van der Waals surface area contributed by atoms with Crippen molar-refractivity contribution in [1.82, 2.24) is 46.4 Å². The van der Waals surface area contributed by atoms with E-state index in [2.05, 4.69) is 45.7 Å². The van der Waals surface area contributed by atoms with E-state index < -0.39 is 146 Å². The molecule has 3 aliphatic rings. The number of aryl methyl sites for hydroxylation is 1. The van der Waals surface area contributed by atoms with Gasteiger partial charge in [-0.25, -0.2) is 14.2 Å². The molecule has 1 aromatic carbocycles. The van der Waals surface area contributed by atoms with Crippen LogP contribution in [0.1, 0.15) is 166 Å². The molecule has 0 spiro atoms. The molecule has 0 radical (unpaired) electrons. The maximum absolute atomic E-state index is 15.7. The maximum atomic E-state index is 15.7. The van der Waals surface area contributed by atoms with Crippen molar-refractivity contribution in [3.05, 3.63) is 61.7 Å². The Morgan fingerprint density at radius 1 is 0.837 bits per heavy atom. The van der Waals surface area contributed by atoms with Crippen LogP contribution in [0.25, 0.3) is 22.3 Å². The number of pyridine rings is 2. The lowest BCUT2D eigenvalue weighted by molar-refractivity contribution is -0.172. The topological polar surface area (TPSA) is 404 Å². The molecule has 1 saturated heterocycles. The van der Waals surface area contributed by atoms with Crippen LogP contribution in [0.5, 0.6) is 0 Å². The van der Waals surface area contributed by atoms with Crippen LogP contribution in [0.3, 0.4) is 0 Å². The first-order valence-corrected chi connectivity index (χ1v) is 31.8. The summed E-state index contributed by atoms with van der Waals surface area (Å²) in [7, 11) is 0. The smallest absolute Gasteiger partial charge is 0.343 e. The number of hydrogen-bond donors (Lipinski definition) is 12. The zero-order chi connectivity index (χ0) is 68.1. The molecule has 28 heteroatoms. The highest BCUT2D eigenvalue weighted by Gasteiger charge is 2.48. The molecule has 27 nitrogen and oxygen atoms in total. The number of cyclic esters (lactones) is 1. The van der Waals surface area contributed by atoms with Crippen molar-refractivity contribution >= 4 is 64.1 Å². The van der Waals surface area contributed by atoms with Crippen molar-refractivity contribution < 1.29 is 87.7 Å². The number of fused-ring (bicyclic) bond motifs is 5. The number of halogens is 1. The molecule has 2 aromatic heterocycles. The SMILES string of the molecule is CCCCC(C)(CC)C1CC(=O)N(CCCCCC(=O)N[C@@H](CCC(=O)NC[C@H](O)[C@@H](O)[C@H](O)[C@H](O)CO)C(=O)N[C@H](C(=O)N[C@@H](C)C(=O)NCOCC(=O)NCc2c(C)c(F)cc3nc4c(c(CC)c23)Cn2c-4cc3c(c2=O)COC(=O)[C@]3(O)CC)C(C)C)C1=O. The number of aliphatic hydroxyl groups excluding tert-OH is 5. The molecule has 3 aromatic rings. The minimum absolute atomic E-state index is 0.0459. The summed E-state index contributed by atoms with van der Waals surface area (Å²) >= 11 is 0. The van der Waals surface area contributed by atoms with E-state index in [1.165, 1.54) is 22.5 Å². The predicted molar refractivity (Wildman–Crippen MR) is 330 cm³/mol. The summed E-state index contributed by atoms with van der Waals surface area (Å²) in [6, 6.07) is -1.11. The van der Waals surface area contributed by atoms with Gasteiger partial charge >= 0.3 is 5.97 Å². The van der Waals surface area contributed by atoms with Gasteiger partial charge in [-0.2, -0.15) is 0 Å². The van der Waals surface area contributed by atoms with Crippen LogP contribution in [-0.2, 0) is 84.3 Å². The zero-order valence-electron chi connectivity index (χ0n) is 54.0. The first kappa shape index (κ1) is 73.7. The Kier molecular flexibility index (Phi) is 26.0. The monoisotopic (exact) mass is 1290 g/mol. The fourth-order valence-electron chi connectivity index (χ4n) is 12.1. The number of rotatable bonds is 35. The summed E-state index contributed by atoms with van der Waals surface area (Å²) in [4.78, 5) is 140. The first-order chi connectivity index (χ1) is 43.5. The zero-order valence-corrected chi connectivity index (χ0v) is 54.0. The maximum Gasteiger partial charge on any atom is 0.343 e. The van der Waals surface area contributed by atoms with Gasteiger partial charge in [0, 0.05) is 61.5 Å². The first-order valence-electron chi connectivity index (χ1n) is 31.8. The van der Waals surface area contributed by atoms with Gasteiger partial charge in [-0.3, -0.25) is 48.1 Å². The number of hydrogen-bond acceptors (Lipinski definition) is 19. The number of imide groups is 1. The van der Waals surface area contributed by atoms with Gasteiger partial charge in [-0.15, -0.1) is 0 Å². The van der Waals surface area contributed by atoms with Crippen molar-refractivity contribution in [1.29, 1.82) is 0 Å². The second-order valence-corrected chi connectivity index (χ2v) is 24.8. The van der Waals surface area contributed by atoms with Crippen LogP contribution >= 0.6 is 0 Å². The molecular weight excluding hydrogens is 1200 g/mol. The van der Waals surface area contributed by atoms with Crippen molar-refractivity contribution in [2.75, 3.05) is 33.0 Å². The largest absolute Gasteiger partial charge is 0.458 e. The van der Waals surface area contributed by atoms with Gasteiger partial charge in [-0.1, -0.05) is 67.7 Å². The molecule has 10 atom stereocenters. The summed E-state index contributed by atoms with van der Waals surface area (Å²) < 4.78 is 27.8. The van der Waals surface area contributed by atoms with Crippen LogP contribution in [0.4, 0.5) is 4.39 Å². The lowest BCUT2D eigenvalue weighted by atomic mass is 9.71. The van der Waals surface area contributed by atoms with Crippen LogP contribution in [0.2, 0.25) is 0 Å². The Morgan fingerprint density at radius 2 is 1.54 bits per heavy atom. The van der Waals surface area contributed by atoms with Crippen molar-refractivity contribution in [3.63, 3.8) is 0 Å². The van der Waals surface area contributed by atoms with Crippen LogP contribution in [0.15, 0.2) is 16.9 Å². The lowest BCUT2D eigenvalue weighted by Crippen LogP contribution is -2.58. The van der Waals surface area contributed by atoms with E-state index in [-0.39, 0.29) is 91.4 Å². The number of ether oxygens (including phenoxy) is 2. The highest BCUT2D eigenvalue weighted by Crippen LogP contribution is 2.44. The number of benzene rings is 1. The molecular formula is C64H92FN9O18. The van der Waals surface area contributed by atoms with Crippen LogP contribution < -0.4 is 37.5 Å². The standard InChI is InChI=1S/C64H92FN9O18/c1-10-14-21-63(9,12-3)41-24-51(81)73(61(41)88)22-17-15-16-18-49(79)70-43(19-20-48(78)67-27-46(76)55(82)56(83)47(77)29-75)58(85)72-53(33(5)6)59(86)69-35(8)57(84)68-32-91-31-50(80)66-26-37-34(7)42(65)25-44-52(37)36(11-2)38-28-74-45(54(38)71-44)23-40-39(60(74)87)30-92-62(89)64(40,90)13-4/h23,25,33,35,41,43,46-47,53,55-56,75-77,82-83,90H,10-22,24,26-32H2,1-9H3,(H,66,80)(H,67,78)(H,68,84)(H,69,86)(H,70,79)(H,72,85)/t35-,41?,43-,46-,47+,53-,55+,56+,63?,64-/m0/s1. The Morgan fingerprint density at radius 3 is 2.20 bits per heavy atom. The summed E-state index contributed by atoms with van der Waals surface area (Å²) in [5.74, 6) is -7.32. The fourth-order valence-corrected chi connectivity index (χ4v) is 12.1. The normalized spacial score (nSPS) is 18.9. The molecule has 0 saturated carbocycles. The van der Waals surface area contributed by atoms with Gasteiger partial charge in [0.25, 0.3) is 5.56 Å². The molecule has 2 unspecified atom stereocenters. The number of unbranched alkanes of at least 4 members (excludes halogenated alkanes) is 3. The molecule has 6 rings (SSSR count). The average Bonchev–Trinajstić information content (AvgIpc) is 1.48. The van der Waals surface area contributed by atoms with E-state index in [0.29, 0.717) is 53.6 Å². The van der Waals surface area contributed by atoms with E-state index in [0.717, 1.165) is 31.2 Å².